The van der Waals surface area contributed by atoms with Crippen LogP contribution in [0.25, 0.3) is 0 Å². The van der Waals surface area contributed by atoms with Gasteiger partial charge in [0.05, 0.1) is 18.3 Å². The maximum absolute atomic E-state index is 11.9. The average Bonchev–Trinajstić information content (AvgIpc) is 3.20. The normalized spacial score (nSPS) is 20.1. The van der Waals surface area contributed by atoms with Gasteiger partial charge in [0.2, 0.25) is 5.91 Å². The fourth-order valence-electron chi connectivity index (χ4n) is 3.40. The van der Waals surface area contributed by atoms with Crippen LogP contribution < -0.4 is 5.32 Å². The van der Waals surface area contributed by atoms with Crippen molar-refractivity contribution < 1.29 is 4.79 Å². The molecule has 0 aromatic carbocycles. The second kappa shape index (κ2) is 7.07. The van der Waals surface area contributed by atoms with Crippen LogP contribution in [0.5, 0.6) is 0 Å². The first-order valence-electron chi connectivity index (χ1n) is 8.35. The molecule has 1 saturated heterocycles. The van der Waals surface area contributed by atoms with Gasteiger partial charge in [-0.15, -0.1) is 0 Å². The summed E-state index contributed by atoms with van der Waals surface area (Å²) in [7, 11) is 0. The molecule has 5 nitrogen and oxygen atoms in total. The molecule has 116 valence electrons. The highest BCUT2D eigenvalue weighted by Gasteiger charge is 2.18. The highest BCUT2D eigenvalue weighted by molar-refractivity contribution is 5.78. The number of nitrogens with zero attached hydrogens (tertiary/aromatic N) is 3. The molecule has 21 heavy (non-hydrogen) atoms. The van der Waals surface area contributed by atoms with Crippen LogP contribution in [0.3, 0.4) is 0 Å². The van der Waals surface area contributed by atoms with Crippen LogP contribution in [0.4, 0.5) is 0 Å². The Morgan fingerprint density at radius 2 is 1.95 bits per heavy atom. The van der Waals surface area contributed by atoms with E-state index in [1.54, 1.807) is 0 Å². The molecule has 1 N–H and O–H groups in total. The monoisotopic (exact) mass is 290 g/mol. The molecule has 1 saturated carbocycles. The van der Waals surface area contributed by atoms with Crippen LogP contribution in [-0.4, -0.2) is 40.2 Å². The van der Waals surface area contributed by atoms with Crippen molar-refractivity contribution in [3.05, 3.63) is 18.0 Å². The lowest BCUT2D eigenvalue weighted by Crippen LogP contribution is -2.36. The van der Waals surface area contributed by atoms with Gasteiger partial charge in [-0.2, -0.15) is 5.10 Å². The zero-order chi connectivity index (χ0) is 14.5. The van der Waals surface area contributed by atoms with Crippen LogP contribution in [0, 0.1) is 0 Å². The minimum absolute atomic E-state index is 0.221. The third-order valence-corrected chi connectivity index (χ3v) is 4.65. The minimum Gasteiger partial charge on any atom is -0.342 e. The summed E-state index contributed by atoms with van der Waals surface area (Å²) in [4.78, 5) is 13.9. The predicted octanol–water partition coefficient (Wildman–Crippen LogP) is 2.10. The quantitative estimate of drug-likeness (QED) is 0.903. The first-order valence-corrected chi connectivity index (χ1v) is 8.35. The van der Waals surface area contributed by atoms with Gasteiger partial charge in [-0.1, -0.05) is 19.3 Å². The molecule has 2 aliphatic rings. The lowest BCUT2D eigenvalue weighted by molar-refractivity contribution is -0.129. The Kier molecular flexibility index (Phi) is 4.91. The number of carbonyl (C=O) groups excluding carboxylic acids is 1. The van der Waals surface area contributed by atoms with E-state index in [9.17, 15) is 4.79 Å². The summed E-state index contributed by atoms with van der Waals surface area (Å²) in [6.07, 6.45) is 10.9. The first kappa shape index (κ1) is 14.6. The summed E-state index contributed by atoms with van der Waals surface area (Å²) in [5, 5.41) is 7.89. The number of rotatable bonds is 5. The Bertz CT molecular complexity index is 459. The van der Waals surface area contributed by atoms with Gasteiger partial charge < -0.3 is 10.2 Å². The van der Waals surface area contributed by atoms with Gasteiger partial charge in [-0.05, 0) is 31.7 Å². The van der Waals surface area contributed by atoms with E-state index in [4.69, 9.17) is 0 Å². The summed E-state index contributed by atoms with van der Waals surface area (Å²) < 4.78 is 2.12. The molecule has 1 aromatic heterocycles. The predicted molar refractivity (Wildman–Crippen MR) is 81.9 cm³/mol. The van der Waals surface area contributed by atoms with Crippen LogP contribution in [0.1, 0.15) is 56.7 Å². The molecular weight excluding hydrogens is 264 g/mol. The van der Waals surface area contributed by atoms with E-state index in [0.29, 0.717) is 19.1 Å². The van der Waals surface area contributed by atoms with Crippen molar-refractivity contribution in [3.8, 4) is 0 Å². The van der Waals surface area contributed by atoms with Crippen LogP contribution in [0.2, 0.25) is 0 Å². The molecule has 0 atom stereocenters. The summed E-state index contributed by atoms with van der Waals surface area (Å²) in [5.41, 5.74) is 1.04. The third-order valence-electron chi connectivity index (χ3n) is 4.65. The fourth-order valence-corrected chi connectivity index (χ4v) is 3.40. The van der Waals surface area contributed by atoms with E-state index < -0.39 is 0 Å². The lowest BCUT2D eigenvalue weighted by atomic mass is 9.96. The molecule has 2 fully saturated rings. The van der Waals surface area contributed by atoms with Crippen molar-refractivity contribution in [1.29, 1.82) is 0 Å². The van der Waals surface area contributed by atoms with Crippen molar-refractivity contribution in [1.82, 2.24) is 20.0 Å². The molecule has 0 unspecified atom stereocenters. The molecule has 3 rings (SSSR count). The molecule has 0 radical (unpaired) electrons. The zero-order valence-corrected chi connectivity index (χ0v) is 12.8. The van der Waals surface area contributed by atoms with Gasteiger partial charge in [0.1, 0.15) is 0 Å². The van der Waals surface area contributed by atoms with Gasteiger partial charge in [0.25, 0.3) is 0 Å². The number of nitrogens with one attached hydrogen (secondary N) is 1. The molecule has 5 heteroatoms. The number of amides is 1. The van der Waals surface area contributed by atoms with Crippen molar-refractivity contribution in [3.63, 3.8) is 0 Å². The maximum Gasteiger partial charge on any atom is 0.236 e. The highest BCUT2D eigenvalue weighted by atomic mass is 16.2. The van der Waals surface area contributed by atoms with Crippen molar-refractivity contribution in [2.75, 3.05) is 19.6 Å². The molecule has 1 aliphatic carbocycles. The summed E-state index contributed by atoms with van der Waals surface area (Å²) in [6, 6.07) is 2.65. The van der Waals surface area contributed by atoms with Crippen molar-refractivity contribution in [2.45, 2.75) is 57.5 Å². The van der Waals surface area contributed by atoms with Gasteiger partial charge in [-0.25, -0.2) is 0 Å². The van der Waals surface area contributed by atoms with Gasteiger partial charge in [0.15, 0.2) is 0 Å². The molecular formula is C16H26N4O. The minimum atomic E-state index is 0.221. The van der Waals surface area contributed by atoms with Crippen molar-refractivity contribution >= 4 is 5.91 Å². The summed E-state index contributed by atoms with van der Waals surface area (Å²) in [5.74, 6) is 0.221. The average molecular weight is 290 g/mol. The third kappa shape index (κ3) is 3.84. The number of carbonyl (C=O) groups is 1. The summed E-state index contributed by atoms with van der Waals surface area (Å²) >= 11 is 0. The number of aromatic nitrogens is 2. The Morgan fingerprint density at radius 3 is 2.71 bits per heavy atom. The number of hydrogen-bond donors (Lipinski definition) is 1. The largest absolute Gasteiger partial charge is 0.342 e. The van der Waals surface area contributed by atoms with Gasteiger partial charge in [-0.3, -0.25) is 9.48 Å². The van der Waals surface area contributed by atoms with Gasteiger partial charge >= 0.3 is 0 Å². The first-order chi connectivity index (χ1) is 10.3. The number of likely N-dealkylation sites (tertiary alicyclic amines) is 1. The lowest BCUT2D eigenvalue weighted by Gasteiger charge is -2.21. The second-order valence-electron chi connectivity index (χ2n) is 6.27. The van der Waals surface area contributed by atoms with E-state index >= 15 is 0 Å². The van der Waals surface area contributed by atoms with E-state index in [1.807, 2.05) is 4.90 Å². The molecule has 1 amide bonds. The molecule has 0 bridgehead atoms. The number of hydrogen-bond acceptors (Lipinski definition) is 3. The Labute approximate surface area is 126 Å². The second-order valence-corrected chi connectivity index (χ2v) is 6.27. The topological polar surface area (TPSA) is 50.2 Å². The Hall–Kier alpha value is -1.36. The van der Waals surface area contributed by atoms with Gasteiger partial charge in [0, 0.05) is 25.8 Å². The van der Waals surface area contributed by atoms with Crippen LogP contribution in [-0.2, 0) is 11.3 Å². The molecule has 1 aliphatic heterocycles. The van der Waals surface area contributed by atoms with E-state index in [0.717, 1.165) is 31.6 Å². The van der Waals surface area contributed by atoms with Crippen LogP contribution >= 0.6 is 0 Å². The van der Waals surface area contributed by atoms with E-state index in [-0.39, 0.29) is 5.91 Å². The standard InChI is InChI=1S/C16H26N4O/c21-16(19-9-4-5-10-19)13-17-12-14-8-11-20(18-14)15-6-2-1-3-7-15/h8,11,15,17H,1-7,9-10,12-13H2. The van der Waals surface area contributed by atoms with E-state index in [2.05, 4.69) is 27.4 Å². The SMILES string of the molecule is O=C(CNCc1ccn(C2CCCCC2)n1)N1CCCC1. The maximum atomic E-state index is 11.9. The smallest absolute Gasteiger partial charge is 0.236 e. The Balaban J connectivity index is 1.43. The zero-order valence-electron chi connectivity index (χ0n) is 12.8. The molecule has 2 heterocycles. The van der Waals surface area contributed by atoms with Crippen molar-refractivity contribution in [2.24, 2.45) is 0 Å². The highest BCUT2D eigenvalue weighted by Crippen LogP contribution is 2.27. The molecule has 1 aromatic rings. The molecule has 0 spiro atoms. The van der Waals surface area contributed by atoms with E-state index in [1.165, 1.54) is 32.1 Å². The Morgan fingerprint density at radius 1 is 1.19 bits per heavy atom. The fraction of sp³-hybridized carbons (Fsp3) is 0.750. The van der Waals surface area contributed by atoms with Crippen LogP contribution in [0.15, 0.2) is 12.3 Å². The summed E-state index contributed by atoms with van der Waals surface area (Å²) in [6.45, 7) is 2.96.